The number of hydrogen-bond acceptors (Lipinski definition) is 4. The van der Waals surface area contributed by atoms with Gasteiger partial charge in [0.1, 0.15) is 0 Å². The summed E-state index contributed by atoms with van der Waals surface area (Å²) in [5.41, 5.74) is 1.99. The number of ether oxygens (including phenoxy) is 2. The Labute approximate surface area is 143 Å². The number of carbonyl (C=O) groups excluding carboxylic acids is 1. The Morgan fingerprint density at radius 2 is 1.71 bits per heavy atom. The van der Waals surface area contributed by atoms with Gasteiger partial charge in [0.05, 0.1) is 32.0 Å². The summed E-state index contributed by atoms with van der Waals surface area (Å²) in [5.74, 6) is 0.0422. The van der Waals surface area contributed by atoms with Crippen molar-refractivity contribution in [1.29, 1.82) is 0 Å². The minimum absolute atomic E-state index is 0.0422. The molecular formula is C19H26N2O3. The van der Waals surface area contributed by atoms with E-state index in [1.54, 1.807) is 6.08 Å². The lowest BCUT2D eigenvalue weighted by Crippen LogP contribution is -2.55. The first-order valence-electron chi connectivity index (χ1n) is 8.56. The van der Waals surface area contributed by atoms with Gasteiger partial charge in [0.25, 0.3) is 0 Å². The molecule has 130 valence electrons. The van der Waals surface area contributed by atoms with Gasteiger partial charge in [-0.1, -0.05) is 12.1 Å². The van der Waals surface area contributed by atoms with Gasteiger partial charge in [-0.3, -0.25) is 4.79 Å². The fourth-order valence-corrected chi connectivity index (χ4v) is 3.14. The molecule has 3 rings (SSSR count). The largest absolute Gasteiger partial charge is 0.378 e. The second kappa shape index (κ2) is 7.36. The number of nitrogens with zero attached hydrogens (tertiary/aromatic N) is 2. The SMILES string of the molecule is CC1(C)COCCN1C(=O)/C=C/c1ccc(N2CCOCC2)cc1. The van der Waals surface area contributed by atoms with Crippen LogP contribution in [0.25, 0.3) is 6.08 Å². The number of benzene rings is 1. The summed E-state index contributed by atoms with van der Waals surface area (Å²) in [5, 5.41) is 0. The maximum Gasteiger partial charge on any atom is 0.247 e. The topological polar surface area (TPSA) is 42.0 Å². The zero-order valence-electron chi connectivity index (χ0n) is 14.5. The Morgan fingerprint density at radius 3 is 2.38 bits per heavy atom. The van der Waals surface area contributed by atoms with Crippen LogP contribution in [0.4, 0.5) is 5.69 Å². The van der Waals surface area contributed by atoms with Gasteiger partial charge in [-0.25, -0.2) is 0 Å². The van der Waals surface area contributed by atoms with E-state index in [9.17, 15) is 4.79 Å². The van der Waals surface area contributed by atoms with Crippen LogP contribution >= 0.6 is 0 Å². The molecule has 0 aliphatic carbocycles. The highest BCUT2D eigenvalue weighted by Crippen LogP contribution is 2.20. The van der Waals surface area contributed by atoms with Crippen molar-refractivity contribution in [2.75, 3.05) is 51.0 Å². The third-order valence-electron chi connectivity index (χ3n) is 4.60. The molecule has 0 atom stereocenters. The highest BCUT2D eigenvalue weighted by atomic mass is 16.5. The first kappa shape index (κ1) is 17.0. The first-order chi connectivity index (χ1) is 11.6. The van der Waals surface area contributed by atoms with Crippen LogP contribution in [0.3, 0.4) is 0 Å². The molecule has 5 heteroatoms. The van der Waals surface area contributed by atoms with E-state index in [0.29, 0.717) is 19.8 Å². The molecule has 2 aliphatic heterocycles. The maximum absolute atomic E-state index is 12.5. The summed E-state index contributed by atoms with van der Waals surface area (Å²) in [6, 6.07) is 8.32. The van der Waals surface area contributed by atoms with Crippen molar-refractivity contribution in [3.8, 4) is 0 Å². The van der Waals surface area contributed by atoms with Crippen molar-refractivity contribution in [2.45, 2.75) is 19.4 Å². The Hall–Kier alpha value is -1.85. The lowest BCUT2D eigenvalue weighted by molar-refractivity contribution is -0.140. The highest BCUT2D eigenvalue weighted by Gasteiger charge is 2.32. The molecule has 2 fully saturated rings. The molecule has 0 aromatic heterocycles. The summed E-state index contributed by atoms with van der Waals surface area (Å²) >= 11 is 0. The fourth-order valence-electron chi connectivity index (χ4n) is 3.14. The molecule has 0 unspecified atom stereocenters. The second-order valence-corrected chi connectivity index (χ2v) is 6.88. The molecule has 0 radical (unpaired) electrons. The Bertz CT molecular complexity index is 589. The van der Waals surface area contributed by atoms with Gasteiger partial charge in [0.15, 0.2) is 0 Å². The van der Waals surface area contributed by atoms with E-state index in [4.69, 9.17) is 9.47 Å². The molecular weight excluding hydrogens is 304 g/mol. The molecule has 24 heavy (non-hydrogen) atoms. The van der Waals surface area contributed by atoms with Crippen LogP contribution in [0.5, 0.6) is 0 Å². The Morgan fingerprint density at radius 1 is 1.04 bits per heavy atom. The zero-order chi connectivity index (χ0) is 17.0. The van der Waals surface area contributed by atoms with E-state index in [1.165, 1.54) is 5.69 Å². The van der Waals surface area contributed by atoms with Crippen molar-refractivity contribution in [3.05, 3.63) is 35.9 Å². The number of morpholine rings is 2. The number of anilines is 1. The minimum atomic E-state index is -0.250. The van der Waals surface area contributed by atoms with Crippen LogP contribution in [0, 0.1) is 0 Å². The lowest BCUT2D eigenvalue weighted by atomic mass is 10.0. The summed E-state index contributed by atoms with van der Waals surface area (Å²) in [4.78, 5) is 16.7. The molecule has 0 N–H and O–H groups in total. The van der Waals surface area contributed by atoms with Crippen LogP contribution in [-0.2, 0) is 14.3 Å². The number of rotatable bonds is 3. The van der Waals surface area contributed by atoms with Crippen molar-refractivity contribution in [1.82, 2.24) is 4.90 Å². The fraction of sp³-hybridized carbons (Fsp3) is 0.526. The van der Waals surface area contributed by atoms with E-state index in [2.05, 4.69) is 29.2 Å². The van der Waals surface area contributed by atoms with Crippen molar-refractivity contribution >= 4 is 17.7 Å². The van der Waals surface area contributed by atoms with Gasteiger partial charge in [-0.05, 0) is 37.6 Å². The molecule has 2 saturated heterocycles. The molecule has 2 aliphatic rings. The van der Waals surface area contributed by atoms with Crippen LogP contribution < -0.4 is 4.90 Å². The van der Waals surface area contributed by atoms with Gasteiger partial charge in [-0.2, -0.15) is 0 Å². The monoisotopic (exact) mass is 330 g/mol. The van der Waals surface area contributed by atoms with Gasteiger partial charge in [0, 0.05) is 31.4 Å². The average Bonchev–Trinajstić information content (AvgIpc) is 2.60. The molecule has 0 bridgehead atoms. The summed E-state index contributed by atoms with van der Waals surface area (Å²) in [6.45, 7) is 9.34. The third-order valence-corrected chi connectivity index (χ3v) is 4.60. The van der Waals surface area contributed by atoms with E-state index in [1.807, 2.05) is 24.8 Å². The van der Waals surface area contributed by atoms with Gasteiger partial charge >= 0.3 is 0 Å². The second-order valence-electron chi connectivity index (χ2n) is 6.88. The van der Waals surface area contributed by atoms with E-state index in [0.717, 1.165) is 31.9 Å². The number of amides is 1. The van der Waals surface area contributed by atoms with Gasteiger partial charge < -0.3 is 19.3 Å². The molecule has 1 aromatic rings. The molecule has 1 amide bonds. The van der Waals surface area contributed by atoms with Crippen molar-refractivity contribution < 1.29 is 14.3 Å². The van der Waals surface area contributed by atoms with Gasteiger partial charge in [-0.15, -0.1) is 0 Å². The normalized spacial score (nSPS) is 21.2. The standard InChI is InChI=1S/C19H26N2O3/c1-19(2)15-24-14-11-21(19)18(22)8-5-16-3-6-17(7-4-16)20-9-12-23-13-10-20/h3-8H,9-15H2,1-2H3/b8-5+. The van der Waals surface area contributed by atoms with Crippen LogP contribution in [0.1, 0.15) is 19.4 Å². The predicted octanol–water partition coefficient (Wildman–Crippen LogP) is 2.17. The zero-order valence-corrected chi connectivity index (χ0v) is 14.5. The third kappa shape index (κ3) is 3.97. The van der Waals surface area contributed by atoms with Crippen LogP contribution in [0.2, 0.25) is 0 Å². The van der Waals surface area contributed by atoms with E-state index in [-0.39, 0.29) is 11.4 Å². The van der Waals surface area contributed by atoms with Crippen LogP contribution in [-0.4, -0.2) is 62.4 Å². The van der Waals surface area contributed by atoms with E-state index < -0.39 is 0 Å². The highest BCUT2D eigenvalue weighted by molar-refractivity contribution is 5.92. The molecule has 2 heterocycles. The Balaban J connectivity index is 1.62. The minimum Gasteiger partial charge on any atom is -0.378 e. The first-order valence-corrected chi connectivity index (χ1v) is 8.56. The summed E-state index contributed by atoms with van der Waals surface area (Å²) in [7, 11) is 0. The molecule has 0 saturated carbocycles. The number of hydrogen-bond donors (Lipinski definition) is 0. The van der Waals surface area contributed by atoms with Gasteiger partial charge in [0.2, 0.25) is 5.91 Å². The molecule has 5 nitrogen and oxygen atoms in total. The van der Waals surface area contributed by atoms with Crippen molar-refractivity contribution in [2.24, 2.45) is 0 Å². The molecule has 0 spiro atoms. The number of carbonyl (C=O) groups is 1. The quantitative estimate of drug-likeness (QED) is 0.797. The summed E-state index contributed by atoms with van der Waals surface area (Å²) < 4.78 is 10.8. The average molecular weight is 330 g/mol. The lowest BCUT2D eigenvalue weighted by Gasteiger charge is -2.41. The van der Waals surface area contributed by atoms with Crippen LogP contribution in [0.15, 0.2) is 30.3 Å². The maximum atomic E-state index is 12.5. The summed E-state index contributed by atoms with van der Waals surface area (Å²) in [6.07, 6.45) is 3.55. The Kier molecular flexibility index (Phi) is 5.21. The van der Waals surface area contributed by atoms with E-state index >= 15 is 0 Å². The molecule has 1 aromatic carbocycles. The predicted molar refractivity (Wildman–Crippen MR) is 95.1 cm³/mol. The smallest absolute Gasteiger partial charge is 0.247 e. The van der Waals surface area contributed by atoms with Crippen molar-refractivity contribution in [3.63, 3.8) is 0 Å².